The molecule has 1 N–H and O–H groups in total. The van der Waals surface area contributed by atoms with Crippen LogP contribution in [0.3, 0.4) is 0 Å². The van der Waals surface area contributed by atoms with Gasteiger partial charge in [0.15, 0.2) is 0 Å². The van der Waals surface area contributed by atoms with Gasteiger partial charge in [0.2, 0.25) is 0 Å². The van der Waals surface area contributed by atoms with Crippen LogP contribution >= 0.6 is 11.8 Å². The number of hydrogen-bond donors (Lipinski definition) is 1. The summed E-state index contributed by atoms with van der Waals surface area (Å²) in [6.07, 6.45) is 0. The first-order valence-electron chi connectivity index (χ1n) is 10.1. The number of aromatic nitrogens is 1. The summed E-state index contributed by atoms with van der Waals surface area (Å²) in [5.74, 6) is -0.987. The number of nitriles is 1. The zero-order valence-electron chi connectivity index (χ0n) is 17.0. The first-order chi connectivity index (χ1) is 15.6. The summed E-state index contributed by atoms with van der Waals surface area (Å²) in [7, 11) is 0. The molecule has 0 amide bonds. The smallest absolute Gasteiger partial charge is 0.352 e. The monoisotopic (exact) mass is 434 g/mol. The van der Waals surface area contributed by atoms with Gasteiger partial charge >= 0.3 is 5.97 Å². The van der Waals surface area contributed by atoms with Crippen LogP contribution in [0.25, 0.3) is 21.7 Å². The third kappa shape index (κ3) is 3.73. The normalized spacial score (nSPS) is 11.0. The maximum Gasteiger partial charge on any atom is 0.352 e. The van der Waals surface area contributed by atoms with Crippen molar-refractivity contribution in [1.82, 2.24) is 4.57 Å². The Morgan fingerprint density at radius 2 is 1.66 bits per heavy atom. The van der Waals surface area contributed by atoms with Crippen LogP contribution in [-0.2, 0) is 6.54 Å². The van der Waals surface area contributed by atoms with Crippen molar-refractivity contribution < 1.29 is 9.90 Å². The number of carboxylic acid groups (broad SMARTS) is 1. The van der Waals surface area contributed by atoms with Crippen molar-refractivity contribution in [3.63, 3.8) is 0 Å². The Morgan fingerprint density at radius 1 is 0.875 bits per heavy atom. The molecule has 4 nitrogen and oxygen atoms in total. The minimum absolute atomic E-state index is 0.209. The highest BCUT2D eigenvalue weighted by Crippen LogP contribution is 2.33. The molecule has 0 saturated carbocycles. The van der Waals surface area contributed by atoms with Crippen LogP contribution in [0.5, 0.6) is 0 Å². The van der Waals surface area contributed by atoms with Crippen LogP contribution in [-0.4, -0.2) is 15.6 Å². The third-order valence-electron chi connectivity index (χ3n) is 5.48. The van der Waals surface area contributed by atoms with Gasteiger partial charge in [-0.1, -0.05) is 60.3 Å². The molecule has 1 aromatic heterocycles. The lowest BCUT2D eigenvalue weighted by atomic mass is 10.0. The Morgan fingerprint density at radius 3 is 2.44 bits per heavy atom. The molecule has 5 rings (SSSR count). The van der Waals surface area contributed by atoms with E-state index in [1.54, 1.807) is 40.6 Å². The summed E-state index contributed by atoms with van der Waals surface area (Å²) in [6.45, 7) is 0.393. The van der Waals surface area contributed by atoms with Crippen molar-refractivity contribution in [2.75, 3.05) is 0 Å². The van der Waals surface area contributed by atoms with E-state index in [4.69, 9.17) is 0 Å². The molecule has 0 aliphatic heterocycles. The average molecular weight is 435 g/mol. The molecule has 0 aliphatic carbocycles. The fourth-order valence-electron chi connectivity index (χ4n) is 4.02. The zero-order chi connectivity index (χ0) is 22.1. The van der Waals surface area contributed by atoms with Crippen LogP contribution in [0.15, 0.2) is 101 Å². The van der Waals surface area contributed by atoms with Crippen LogP contribution in [0.4, 0.5) is 0 Å². The van der Waals surface area contributed by atoms with E-state index in [9.17, 15) is 15.2 Å². The molecule has 0 bridgehead atoms. The van der Waals surface area contributed by atoms with Crippen molar-refractivity contribution in [3.8, 4) is 6.07 Å². The molecule has 5 heteroatoms. The first-order valence-corrected chi connectivity index (χ1v) is 11.0. The quantitative estimate of drug-likeness (QED) is 0.340. The lowest BCUT2D eigenvalue weighted by Crippen LogP contribution is -2.09. The molecule has 0 unspecified atom stereocenters. The molecule has 154 valence electrons. The second-order valence-electron chi connectivity index (χ2n) is 7.52. The standard InChI is InChI=1S/C27H18N2O2S/c28-16-18-10-11-20-15-26(27(30)31)29(25(20)12-18)17-21-14-23(32-22-7-2-1-3-8-22)13-19-6-4-5-9-24(19)21/h1-15H,17H2,(H,30,31). The molecule has 0 spiro atoms. The molecular formula is C27H18N2O2S. The largest absolute Gasteiger partial charge is 0.477 e. The molecular weight excluding hydrogens is 416 g/mol. The van der Waals surface area contributed by atoms with Crippen LogP contribution in [0.2, 0.25) is 0 Å². The summed E-state index contributed by atoms with van der Waals surface area (Å²) >= 11 is 1.68. The van der Waals surface area contributed by atoms with Gasteiger partial charge in [0.1, 0.15) is 5.69 Å². The van der Waals surface area contributed by atoms with Crippen molar-refractivity contribution in [1.29, 1.82) is 5.26 Å². The second kappa shape index (κ2) is 8.26. The Balaban J connectivity index is 1.67. The summed E-state index contributed by atoms with van der Waals surface area (Å²) in [5.41, 5.74) is 2.49. The SMILES string of the molecule is N#Cc1ccc2cc(C(=O)O)n(Cc3cc(Sc4ccccc4)cc4ccccc34)c2c1. The second-order valence-corrected chi connectivity index (χ2v) is 8.67. The minimum Gasteiger partial charge on any atom is -0.477 e. The Bertz CT molecular complexity index is 1510. The van der Waals surface area contributed by atoms with Crippen LogP contribution in [0, 0.1) is 11.3 Å². The summed E-state index contributed by atoms with van der Waals surface area (Å²) < 4.78 is 1.79. The van der Waals surface area contributed by atoms with Gasteiger partial charge in [-0.25, -0.2) is 4.79 Å². The summed E-state index contributed by atoms with van der Waals surface area (Å²) in [5, 5.41) is 22.2. The Labute approximate surface area is 189 Å². The Hall–Kier alpha value is -4.01. The average Bonchev–Trinajstić information content (AvgIpc) is 3.17. The van der Waals surface area contributed by atoms with E-state index in [1.165, 1.54) is 0 Å². The van der Waals surface area contributed by atoms with Crippen molar-refractivity contribution in [2.24, 2.45) is 0 Å². The number of nitrogens with zero attached hydrogens (tertiary/aromatic N) is 2. The fraction of sp³-hybridized carbons (Fsp3) is 0.0370. The van der Waals surface area contributed by atoms with Crippen molar-refractivity contribution >= 4 is 39.4 Å². The lowest BCUT2D eigenvalue weighted by Gasteiger charge is -2.14. The van der Waals surface area contributed by atoms with Gasteiger partial charge in [-0.2, -0.15) is 5.26 Å². The van der Waals surface area contributed by atoms with E-state index in [2.05, 4.69) is 42.5 Å². The highest BCUT2D eigenvalue weighted by Gasteiger charge is 2.17. The topological polar surface area (TPSA) is 66.0 Å². The highest BCUT2D eigenvalue weighted by atomic mass is 32.2. The predicted molar refractivity (Wildman–Crippen MR) is 127 cm³/mol. The minimum atomic E-state index is -0.987. The third-order valence-corrected chi connectivity index (χ3v) is 6.46. The number of benzene rings is 4. The van der Waals surface area contributed by atoms with Gasteiger partial charge in [0.25, 0.3) is 0 Å². The van der Waals surface area contributed by atoms with E-state index in [0.29, 0.717) is 12.1 Å². The van der Waals surface area contributed by atoms with Gasteiger partial charge in [-0.3, -0.25) is 0 Å². The summed E-state index contributed by atoms with van der Waals surface area (Å²) in [6, 6.07) is 31.7. The Kier molecular flexibility index (Phi) is 5.14. The maximum atomic E-state index is 12.0. The van der Waals surface area contributed by atoms with E-state index >= 15 is 0 Å². The van der Waals surface area contributed by atoms with Crippen LogP contribution in [0.1, 0.15) is 21.6 Å². The van der Waals surface area contributed by atoms with E-state index in [0.717, 1.165) is 37.0 Å². The van der Waals surface area contributed by atoms with Gasteiger partial charge in [0, 0.05) is 21.7 Å². The molecule has 0 radical (unpaired) electrons. The number of hydrogen-bond acceptors (Lipinski definition) is 3. The predicted octanol–water partition coefficient (Wildman–Crippen LogP) is 6.56. The van der Waals surface area contributed by atoms with Crippen molar-refractivity contribution in [3.05, 3.63) is 108 Å². The van der Waals surface area contributed by atoms with Gasteiger partial charge < -0.3 is 9.67 Å². The number of rotatable bonds is 5. The van der Waals surface area contributed by atoms with E-state index in [-0.39, 0.29) is 5.69 Å². The molecule has 4 aromatic carbocycles. The molecule has 0 atom stereocenters. The van der Waals surface area contributed by atoms with Gasteiger partial charge in [0.05, 0.1) is 17.1 Å². The summed E-state index contributed by atoms with van der Waals surface area (Å²) in [4.78, 5) is 14.3. The highest BCUT2D eigenvalue weighted by molar-refractivity contribution is 7.99. The van der Waals surface area contributed by atoms with E-state index < -0.39 is 5.97 Å². The first kappa shape index (κ1) is 19.9. The molecule has 1 heterocycles. The van der Waals surface area contributed by atoms with Crippen molar-refractivity contribution in [2.45, 2.75) is 16.3 Å². The van der Waals surface area contributed by atoms with E-state index in [1.807, 2.05) is 30.3 Å². The molecule has 32 heavy (non-hydrogen) atoms. The zero-order valence-corrected chi connectivity index (χ0v) is 17.8. The molecule has 0 aliphatic rings. The molecule has 0 fully saturated rings. The fourth-order valence-corrected chi connectivity index (χ4v) is 4.97. The lowest BCUT2D eigenvalue weighted by molar-refractivity contribution is 0.0686. The number of carboxylic acids is 1. The number of aromatic carboxylic acids is 1. The maximum absolute atomic E-state index is 12.0. The van der Waals surface area contributed by atoms with Crippen LogP contribution < -0.4 is 0 Å². The number of fused-ring (bicyclic) bond motifs is 2. The van der Waals surface area contributed by atoms with Gasteiger partial charge in [-0.05, 0) is 58.8 Å². The number of carbonyl (C=O) groups is 1. The molecule has 0 saturated heterocycles. The van der Waals surface area contributed by atoms with Gasteiger partial charge in [-0.15, -0.1) is 0 Å². The molecule has 5 aromatic rings.